The molecule has 0 fully saturated rings. The Morgan fingerprint density at radius 1 is 0.405 bits per heavy atom. The number of para-hydroxylation sites is 1. The van der Waals surface area contributed by atoms with E-state index in [4.69, 9.17) is 4.42 Å². The van der Waals surface area contributed by atoms with Crippen LogP contribution in [0.2, 0.25) is 0 Å². The molecule has 0 atom stereocenters. The van der Waals surface area contributed by atoms with Gasteiger partial charge in [0.1, 0.15) is 11.2 Å². The molecule has 0 aliphatic heterocycles. The zero-order chi connectivity index (χ0) is 27.9. The van der Waals surface area contributed by atoms with E-state index in [1.54, 1.807) is 0 Å². The molecule has 0 amide bonds. The smallest absolute Gasteiger partial charge is 0.137 e. The maximum absolute atomic E-state index is 6.56. The van der Waals surface area contributed by atoms with Gasteiger partial charge in [-0.2, -0.15) is 0 Å². The van der Waals surface area contributed by atoms with Crippen LogP contribution in [0.25, 0.3) is 55.0 Å². The standard InChI is InChI=1S/C40H27NO/c1-4-12-28(13-5-1)29-20-22-34(23-21-29)41(33-18-8-3-9-19-33)40-35(30-14-6-2-7-15-30)24-25-37-39(40)36-26-31-16-10-11-17-32(31)27-38(36)42-37/h1-27H. The van der Waals surface area contributed by atoms with Crippen LogP contribution < -0.4 is 4.90 Å². The van der Waals surface area contributed by atoms with Crippen LogP contribution in [0.15, 0.2) is 168 Å². The molecule has 0 aliphatic carbocycles. The fourth-order valence-electron chi connectivity index (χ4n) is 6.04. The minimum Gasteiger partial charge on any atom is -0.456 e. The first-order valence-electron chi connectivity index (χ1n) is 14.3. The summed E-state index contributed by atoms with van der Waals surface area (Å²) in [5.41, 5.74) is 9.74. The molecule has 42 heavy (non-hydrogen) atoms. The van der Waals surface area contributed by atoms with Crippen LogP contribution in [0.1, 0.15) is 0 Å². The number of hydrogen-bond acceptors (Lipinski definition) is 2. The molecule has 8 aromatic rings. The number of hydrogen-bond donors (Lipinski definition) is 0. The van der Waals surface area contributed by atoms with E-state index in [2.05, 4.69) is 169 Å². The maximum atomic E-state index is 6.56. The van der Waals surface area contributed by atoms with E-state index >= 15 is 0 Å². The molecule has 1 heterocycles. The predicted octanol–water partition coefficient (Wildman–Crippen LogP) is 11.5. The summed E-state index contributed by atoms with van der Waals surface area (Å²) in [6.45, 7) is 0. The van der Waals surface area contributed by atoms with Gasteiger partial charge in [-0.15, -0.1) is 0 Å². The largest absolute Gasteiger partial charge is 0.456 e. The second-order valence-electron chi connectivity index (χ2n) is 10.6. The van der Waals surface area contributed by atoms with E-state index in [-0.39, 0.29) is 0 Å². The Bertz CT molecular complexity index is 2160. The Morgan fingerprint density at radius 2 is 0.952 bits per heavy atom. The lowest BCUT2D eigenvalue weighted by Crippen LogP contribution is -2.11. The molecule has 2 nitrogen and oxygen atoms in total. The Labute approximate surface area is 244 Å². The lowest BCUT2D eigenvalue weighted by Gasteiger charge is -2.29. The van der Waals surface area contributed by atoms with Crippen LogP contribution in [0.4, 0.5) is 17.1 Å². The van der Waals surface area contributed by atoms with Gasteiger partial charge in [-0.25, -0.2) is 0 Å². The van der Waals surface area contributed by atoms with Gasteiger partial charge in [-0.05, 0) is 76.0 Å². The highest BCUT2D eigenvalue weighted by Crippen LogP contribution is 2.48. The molecule has 0 aliphatic rings. The van der Waals surface area contributed by atoms with Crippen molar-refractivity contribution in [1.29, 1.82) is 0 Å². The first kappa shape index (κ1) is 24.2. The summed E-state index contributed by atoms with van der Waals surface area (Å²) in [4.78, 5) is 2.38. The first-order valence-corrected chi connectivity index (χ1v) is 14.3. The molecular weight excluding hydrogens is 510 g/mol. The molecule has 1 aromatic heterocycles. The van der Waals surface area contributed by atoms with Crippen molar-refractivity contribution in [2.24, 2.45) is 0 Å². The van der Waals surface area contributed by atoms with Crippen molar-refractivity contribution in [3.05, 3.63) is 164 Å². The van der Waals surface area contributed by atoms with Gasteiger partial charge in [0.2, 0.25) is 0 Å². The Morgan fingerprint density at radius 3 is 1.64 bits per heavy atom. The normalized spacial score (nSPS) is 11.3. The van der Waals surface area contributed by atoms with Crippen molar-refractivity contribution in [3.63, 3.8) is 0 Å². The third-order valence-corrected chi connectivity index (χ3v) is 8.03. The van der Waals surface area contributed by atoms with Gasteiger partial charge in [0.15, 0.2) is 0 Å². The molecule has 0 saturated carbocycles. The van der Waals surface area contributed by atoms with Gasteiger partial charge in [0.25, 0.3) is 0 Å². The summed E-state index contributed by atoms with van der Waals surface area (Å²) in [5, 5.41) is 4.58. The van der Waals surface area contributed by atoms with Crippen molar-refractivity contribution in [3.8, 4) is 22.3 Å². The zero-order valence-electron chi connectivity index (χ0n) is 22.9. The second-order valence-corrected chi connectivity index (χ2v) is 10.6. The van der Waals surface area contributed by atoms with Crippen LogP contribution in [0, 0.1) is 0 Å². The van der Waals surface area contributed by atoms with E-state index in [0.717, 1.165) is 50.1 Å². The van der Waals surface area contributed by atoms with Crippen LogP contribution >= 0.6 is 0 Å². The first-order chi connectivity index (χ1) is 20.8. The molecule has 198 valence electrons. The van der Waals surface area contributed by atoms with E-state index in [1.807, 2.05) is 0 Å². The molecule has 8 rings (SSSR count). The van der Waals surface area contributed by atoms with Gasteiger partial charge < -0.3 is 9.32 Å². The van der Waals surface area contributed by atoms with Gasteiger partial charge in [-0.3, -0.25) is 0 Å². The van der Waals surface area contributed by atoms with Crippen molar-refractivity contribution < 1.29 is 4.42 Å². The summed E-state index contributed by atoms with van der Waals surface area (Å²) in [7, 11) is 0. The lowest BCUT2D eigenvalue weighted by molar-refractivity contribution is 0.669. The highest BCUT2D eigenvalue weighted by atomic mass is 16.3. The van der Waals surface area contributed by atoms with Crippen LogP contribution in [0.3, 0.4) is 0 Å². The summed E-state index contributed by atoms with van der Waals surface area (Å²) in [6, 6.07) is 57.9. The highest BCUT2D eigenvalue weighted by Gasteiger charge is 2.24. The van der Waals surface area contributed by atoms with Crippen molar-refractivity contribution in [2.75, 3.05) is 4.90 Å². The zero-order valence-corrected chi connectivity index (χ0v) is 22.9. The Balaban J connectivity index is 1.45. The predicted molar refractivity (Wildman–Crippen MR) is 177 cm³/mol. The monoisotopic (exact) mass is 537 g/mol. The average Bonchev–Trinajstić information content (AvgIpc) is 3.43. The van der Waals surface area contributed by atoms with Crippen molar-refractivity contribution in [2.45, 2.75) is 0 Å². The van der Waals surface area contributed by atoms with Crippen LogP contribution in [0.5, 0.6) is 0 Å². The summed E-state index contributed by atoms with van der Waals surface area (Å²) >= 11 is 0. The molecule has 0 unspecified atom stereocenters. The van der Waals surface area contributed by atoms with Gasteiger partial charge >= 0.3 is 0 Å². The molecule has 0 radical (unpaired) electrons. The maximum Gasteiger partial charge on any atom is 0.137 e. The number of fused-ring (bicyclic) bond motifs is 4. The van der Waals surface area contributed by atoms with Gasteiger partial charge in [0.05, 0.1) is 11.1 Å². The fraction of sp³-hybridized carbons (Fsp3) is 0. The third kappa shape index (κ3) is 4.13. The Kier molecular flexibility index (Phi) is 5.82. The molecule has 0 spiro atoms. The molecule has 0 bridgehead atoms. The van der Waals surface area contributed by atoms with Gasteiger partial charge in [-0.1, -0.05) is 115 Å². The van der Waals surface area contributed by atoms with Crippen molar-refractivity contribution in [1.82, 2.24) is 0 Å². The minimum absolute atomic E-state index is 0.872. The lowest BCUT2D eigenvalue weighted by atomic mass is 9.96. The van der Waals surface area contributed by atoms with E-state index in [0.29, 0.717) is 0 Å². The van der Waals surface area contributed by atoms with Crippen LogP contribution in [-0.2, 0) is 0 Å². The SMILES string of the molecule is c1ccc(-c2ccc(N(c3ccccc3)c3c(-c4ccccc4)ccc4oc5cc6ccccc6cc5c34)cc2)cc1. The van der Waals surface area contributed by atoms with Gasteiger partial charge in [0, 0.05) is 22.3 Å². The summed E-state index contributed by atoms with van der Waals surface area (Å²) in [5.74, 6) is 0. The van der Waals surface area contributed by atoms with E-state index in [1.165, 1.54) is 21.9 Å². The van der Waals surface area contributed by atoms with E-state index < -0.39 is 0 Å². The number of benzene rings is 7. The molecule has 0 saturated heterocycles. The Hall–Kier alpha value is -5.60. The van der Waals surface area contributed by atoms with E-state index in [9.17, 15) is 0 Å². The second kappa shape index (κ2) is 10.1. The topological polar surface area (TPSA) is 16.4 Å². The number of furan rings is 1. The summed E-state index contributed by atoms with van der Waals surface area (Å²) < 4.78 is 6.56. The fourth-order valence-corrected chi connectivity index (χ4v) is 6.04. The molecular formula is C40H27NO. The number of nitrogens with zero attached hydrogens (tertiary/aromatic N) is 1. The number of rotatable bonds is 5. The number of anilines is 3. The third-order valence-electron chi connectivity index (χ3n) is 8.03. The molecule has 7 aromatic carbocycles. The van der Waals surface area contributed by atoms with Crippen LogP contribution in [-0.4, -0.2) is 0 Å². The molecule has 0 N–H and O–H groups in total. The highest BCUT2D eigenvalue weighted by molar-refractivity contribution is 6.19. The van der Waals surface area contributed by atoms with Crippen molar-refractivity contribution >= 4 is 49.8 Å². The molecule has 2 heteroatoms. The average molecular weight is 538 g/mol. The summed E-state index contributed by atoms with van der Waals surface area (Å²) in [6.07, 6.45) is 0. The quantitative estimate of drug-likeness (QED) is 0.217. The minimum atomic E-state index is 0.872.